The van der Waals surface area contributed by atoms with Gasteiger partial charge in [-0.05, 0) is 72.9 Å². The summed E-state index contributed by atoms with van der Waals surface area (Å²) in [5, 5.41) is 17.1. The number of halogens is 3. The average Bonchev–Trinajstić information content (AvgIpc) is 3.05. The van der Waals surface area contributed by atoms with Gasteiger partial charge in [-0.15, -0.1) is 0 Å². The van der Waals surface area contributed by atoms with Crippen molar-refractivity contribution in [2.45, 2.75) is 25.4 Å². The Hall–Kier alpha value is -5.47. The lowest BCUT2D eigenvalue weighted by atomic mass is 10.1. The average molecular weight is 662 g/mol. The van der Waals surface area contributed by atoms with Crippen molar-refractivity contribution in [2.75, 3.05) is 41.6 Å². The first kappa shape index (κ1) is 37.7. The van der Waals surface area contributed by atoms with Crippen molar-refractivity contribution < 1.29 is 46.8 Å². The number of nitrogens with two attached hydrogens (primary N) is 1. The number of aliphatic carboxylic acids is 1. The maximum absolute atomic E-state index is 10.6. The molecular weight excluding hydrogens is 623 g/mol. The number of benzene rings is 2. The van der Waals surface area contributed by atoms with Crippen LogP contribution in [0.5, 0.6) is 29.0 Å². The Morgan fingerprint density at radius 3 is 1.68 bits per heavy atom. The fourth-order valence-corrected chi connectivity index (χ4v) is 3.76. The Kier molecular flexibility index (Phi) is 15.4. The molecule has 0 saturated heterocycles. The quantitative estimate of drug-likeness (QED) is 0.0919. The number of carboxylic acid groups (broad SMARTS) is 1. The second-order valence-electron chi connectivity index (χ2n) is 9.45. The zero-order valence-electron chi connectivity index (χ0n) is 26.4. The van der Waals surface area contributed by atoms with E-state index in [1.807, 2.05) is 66.8 Å². The fourth-order valence-electron chi connectivity index (χ4n) is 3.76. The standard InChI is InChI=1S/C30H37N5O5.C2HF3O2/c1-36-25-14-10-21(18-27(25)38-3)8-12-23-20-24(13-9-22-11-15-26(37-2)28(19-22)39-4)35-30(34-23)40-17-7-5-6-16-33-29(31)32;3-2(4,5)1(6)7/h8-15,18-20H,5-7,16-17H2,1-4H3,(H4,31,32,33);(H,6,7). The summed E-state index contributed by atoms with van der Waals surface area (Å²) in [5.74, 6) is -0.153. The molecule has 0 spiro atoms. The van der Waals surface area contributed by atoms with Gasteiger partial charge in [0.1, 0.15) is 0 Å². The normalized spacial score (nSPS) is 11.0. The molecule has 0 aliphatic carbocycles. The van der Waals surface area contributed by atoms with Crippen LogP contribution in [-0.4, -0.2) is 74.8 Å². The minimum absolute atomic E-state index is 0.0173. The van der Waals surface area contributed by atoms with E-state index in [4.69, 9.17) is 44.7 Å². The van der Waals surface area contributed by atoms with Gasteiger partial charge in [0.2, 0.25) is 0 Å². The molecule has 1 heterocycles. The monoisotopic (exact) mass is 661 g/mol. The molecule has 0 aliphatic rings. The molecular formula is C32H38F3N5O7. The fraction of sp³-hybridized carbons (Fsp3) is 0.312. The molecule has 2 aromatic carbocycles. The molecule has 12 nitrogen and oxygen atoms in total. The highest BCUT2D eigenvalue weighted by Crippen LogP contribution is 2.29. The Balaban J connectivity index is 0.000000984. The number of nitrogens with one attached hydrogen (secondary N) is 2. The summed E-state index contributed by atoms with van der Waals surface area (Å²) in [6.45, 7) is 1.13. The van der Waals surface area contributed by atoms with E-state index in [-0.39, 0.29) is 5.96 Å². The Bertz CT molecular complexity index is 1450. The van der Waals surface area contributed by atoms with E-state index in [1.54, 1.807) is 28.4 Å². The summed E-state index contributed by atoms with van der Waals surface area (Å²) >= 11 is 0. The minimum atomic E-state index is -5.08. The Labute approximate surface area is 270 Å². The van der Waals surface area contributed by atoms with Crippen molar-refractivity contribution in [3.8, 4) is 29.0 Å². The largest absolute Gasteiger partial charge is 0.493 e. The number of nitrogens with zero attached hydrogens (tertiary/aromatic N) is 2. The summed E-state index contributed by atoms with van der Waals surface area (Å²) < 4.78 is 59.1. The smallest absolute Gasteiger partial charge is 0.490 e. The van der Waals surface area contributed by atoms with Crippen LogP contribution in [0.3, 0.4) is 0 Å². The van der Waals surface area contributed by atoms with Crippen LogP contribution in [0, 0.1) is 5.41 Å². The minimum Gasteiger partial charge on any atom is -0.493 e. The van der Waals surface area contributed by atoms with Crippen molar-refractivity contribution in [3.05, 3.63) is 65.0 Å². The van der Waals surface area contributed by atoms with E-state index in [2.05, 4.69) is 15.3 Å². The summed E-state index contributed by atoms with van der Waals surface area (Å²) in [7, 11) is 6.43. The molecule has 254 valence electrons. The first-order chi connectivity index (χ1) is 22.4. The van der Waals surface area contributed by atoms with Gasteiger partial charge in [-0.2, -0.15) is 23.1 Å². The number of guanidine groups is 1. The first-order valence-corrected chi connectivity index (χ1v) is 14.1. The number of ether oxygens (including phenoxy) is 5. The van der Waals surface area contributed by atoms with Crippen molar-refractivity contribution >= 4 is 36.2 Å². The number of alkyl halides is 3. The van der Waals surface area contributed by atoms with Crippen molar-refractivity contribution in [1.82, 2.24) is 15.3 Å². The lowest BCUT2D eigenvalue weighted by Gasteiger charge is -2.09. The van der Waals surface area contributed by atoms with Gasteiger partial charge in [0.25, 0.3) is 0 Å². The maximum Gasteiger partial charge on any atom is 0.490 e. The summed E-state index contributed by atoms with van der Waals surface area (Å²) in [4.78, 5) is 18.1. The molecule has 0 fully saturated rings. The molecule has 3 aromatic rings. The van der Waals surface area contributed by atoms with Crippen LogP contribution in [-0.2, 0) is 4.79 Å². The SMILES string of the molecule is COc1ccc(C=Cc2cc(C=Cc3ccc(OC)c(OC)c3)nc(OCCCCCNC(=N)N)n2)cc1OC.O=C(O)C(F)(F)F. The number of carboxylic acids is 1. The van der Waals surface area contributed by atoms with E-state index in [1.165, 1.54) is 0 Å². The molecule has 3 rings (SSSR count). The van der Waals surface area contributed by atoms with Gasteiger partial charge >= 0.3 is 18.2 Å². The van der Waals surface area contributed by atoms with Gasteiger partial charge in [0.05, 0.1) is 46.4 Å². The van der Waals surface area contributed by atoms with Crippen LogP contribution in [0.2, 0.25) is 0 Å². The highest BCUT2D eigenvalue weighted by atomic mass is 19.4. The highest BCUT2D eigenvalue weighted by Gasteiger charge is 2.38. The van der Waals surface area contributed by atoms with E-state index in [0.717, 1.165) is 30.4 Å². The third kappa shape index (κ3) is 13.6. The van der Waals surface area contributed by atoms with Gasteiger partial charge in [0.15, 0.2) is 29.0 Å². The van der Waals surface area contributed by atoms with Crippen LogP contribution >= 0.6 is 0 Å². The number of aromatic nitrogens is 2. The molecule has 0 bridgehead atoms. The molecule has 5 N–H and O–H groups in total. The second-order valence-corrected chi connectivity index (χ2v) is 9.45. The number of hydrogen-bond donors (Lipinski definition) is 4. The number of carbonyl (C=O) groups is 1. The van der Waals surface area contributed by atoms with E-state index >= 15 is 0 Å². The van der Waals surface area contributed by atoms with E-state index < -0.39 is 12.1 Å². The molecule has 1 aromatic heterocycles. The maximum atomic E-state index is 10.6. The molecule has 15 heteroatoms. The molecule has 0 amide bonds. The predicted octanol–water partition coefficient (Wildman–Crippen LogP) is 5.52. The van der Waals surface area contributed by atoms with E-state index in [0.29, 0.717) is 53.5 Å². The molecule has 0 radical (unpaired) electrons. The van der Waals surface area contributed by atoms with Crippen LogP contribution in [0.4, 0.5) is 13.2 Å². The van der Waals surface area contributed by atoms with Crippen molar-refractivity contribution in [3.63, 3.8) is 0 Å². The van der Waals surface area contributed by atoms with Crippen molar-refractivity contribution in [2.24, 2.45) is 5.73 Å². The first-order valence-electron chi connectivity index (χ1n) is 14.1. The molecule has 0 saturated carbocycles. The van der Waals surface area contributed by atoms with Crippen LogP contribution in [0.15, 0.2) is 42.5 Å². The second kappa shape index (κ2) is 19.1. The number of methoxy groups -OCH3 is 4. The van der Waals surface area contributed by atoms with Crippen LogP contribution < -0.4 is 34.7 Å². The topological polar surface area (TPSA) is 171 Å². The van der Waals surface area contributed by atoms with Crippen LogP contribution in [0.25, 0.3) is 24.3 Å². The van der Waals surface area contributed by atoms with Gasteiger partial charge in [-0.1, -0.05) is 24.3 Å². The predicted molar refractivity (Wildman–Crippen MR) is 172 cm³/mol. The lowest BCUT2D eigenvalue weighted by Crippen LogP contribution is -2.30. The van der Waals surface area contributed by atoms with E-state index in [9.17, 15) is 13.2 Å². The summed E-state index contributed by atoms with van der Waals surface area (Å²) in [5.41, 5.74) is 8.56. The Morgan fingerprint density at radius 2 is 1.28 bits per heavy atom. The highest BCUT2D eigenvalue weighted by molar-refractivity contribution is 5.74. The third-order valence-electron chi connectivity index (χ3n) is 6.06. The van der Waals surface area contributed by atoms with Gasteiger partial charge in [-0.3, -0.25) is 5.41 Å². The third-order valence-corrected chi connectivity index (χ3v) is 6.06. The van der Waals surface area contributed by atoms with Crippen LogP contribution in [0.1, 0.15) is 41.8 Å². The number of rotatable bonds is 15. The zero-order valence-corrected chi connectivity index (χ0v) is 26.4. The van der Waals surface area contributed by atoms with Gasteiger partial charge < -0.3 is 39.8 Å². The molecule has 0 unspecified atom stereocenters. The number of unbranched alkanes of at least 4 members (excludes halogenated alkanes) is 2. The summed E-state index contributed by atoms with van der Waals surface area (Å²) in [6.07, 6.45) is 5.23. The number of hydrogen-bond acceptors (Lipinski definition) is 9. The Morgan fingerprint density at radius 1 is 0.809 bits per heavy atom. The van der Waals surface area contributed by atoms with Gasteiger partial charge in [-0.25, -0.2) is 4.79 Å². The van der Waals surface area contributed by atoms with Crippen molar-refractivity contribution in [1.29, 1.82) is 5.41 Å². The molecule has 0 atom stereocenters. The van der Waals surface area contributed by atoms with Gasteiger partial charge in [0, 0.05) is 6.54 Å². The lowest BCUT2D eigenvalue weighted by molar-refractivity contribution is -0.192. The molecule has 0 aliphatic heterocycles. The molecule has 47 heavy (non-hydrogen) atoms. The summed E-state index contributed by atoms with van der Waals surface area (Å²) in [6, 6.07) is 13.6. The zero-order chi connectivity index (χ0) is 34.8.